The normalized spacial score (nSPS) is 12.3. The van der Waals surface area contributed by atoms with Crippen molar-refractivity contribution in [1.29, 1.82) is 0 Å². The van der Waals surface area contributed by atoms with E-state index in [0.717, 1.165) is 16.1 Å². The smallest absolute Gasteiger partial charge is 0.319 e. The van der Waals surface area contributed by atoms with Crippen LogP contribution in [0.15, 0.2) is 47.9 Å². The molecule has 3 aromatic rings. The molecule has 2 aromatic heterocycles. The molecule has 0 saturated heterocycles. The molecule has 0 N–H and O–H groups in total. The molecule has 0 aliphatic heterocycles. The molecule has 0 radical (unpaired) electrons. The Balaban J connectivity index is 2.01. The van der Waals surface area contributed by atoms with Crippen molar-refractivity contribution in [2.75, 3.05) is 7.11 Å². The number of esters is 1. The molecular weight excluding hydrogens is 312 g/mol. The van der Waals surface area contributed by atoms with E-state index in [9.17, 15) is 4.79 Å². The van der Waals surface area contributed by atoms with Gasteiger partial charge in [-0.25, -0.2) is 14.6 Å². The summed E-state index contributed by atoms with van der Waals surface area (Å²) in [4.78, 5) is 20.4. The molecule has 0 aliphatic carbocycles. The zero-order chi connectivity index (χ0) is 16.2. The van der Waals surface area contributed by atoms with Gasteiger partial charge >= 0.3 is 5.97 Å². The summed E-state index contributed by atoms with van der Waals surface area (Å²) in [7, 11) is 1.40. The van der Waals surface area contributed by atoms with Crippen LogP contribution in [-0.2, 0) is 9.53 Å². The second-order valence-electron chi connectivity index (χ2n) is 4.85. The van der Waals surface area contributed by atoms with Gasteiger partial charge in [-0.05, 0) is 18.6 Å². The van der Waals surface area contributed by atoms with Gasteiger partial charge in [0.05, 0.1) is 24.4 Å². The summed E-state index contributed by atoms with van der Waals surface area (Å²) in [6.45, 7) is 1.94. The van der Waals surface area contributed by atoms with Crippen molar-refractivity contribution in [2.45, 2.75) is 23.6 Å². The van der Waals surface area contributed by atoms with Crippen LogP contribution in [0.4, 0.5) is 0 Å². The summed E-state index contributed by atoms with van der Waals surface area (Å²) < 4.78 is 6.60. The number of carbonyl (C=O) groups excluding carboxylic acids is 1. The predicted octanol–water partition coefficient (Wildman–Crippen LogP) is 2.86. The average Bonchev–Trinajstić information content (AvgIpc) is 3.04. The van der Waals surface area contributed by atoms with E-state index >= 15 is 0 Å². The fourth-order valence-electron chi connectivity index (χ4n) is 2.24. The Morgan fingerprint density at radius 3 is 2.78 bits per heavy atom. The first kappa shape index (κ1) is 15.5. The SMILES string of the molecule is CC[C@@H](Sc1ncnc2c1cnn2-c1ccccc1)C(=O)OC. The molecule has 23 heavy (non-hydrogen) atoms. The van der Waals surface area contributed by atoms with Crippen LogP contribution in [0.25, 0.3) is 16.7 Å². The lowest BCUT2D eigenvalue weighted by Gasteiger charge is -2.11. The summed E-state index contributed by atoms with van der Waals surface area (Å²) >= 11 is 1.38. The summed E-state index contributed by atoms with van der Waals surface area (Å²) in [6.07, 6.45) is 3.89. The Morgan fingerprint density at radius 2 is 2.09 bits per heavy atom. The van der Waals surface area contributed by atoms with Gasteiger partial charge in [-0.3, -0.25) is 4.79 Å². The fourth-order valence-corrected chi connectivity index (χ4v) is 3.25. The molecule has 0 unspecified atom stereocenters. The van der Waals surface area contributed by atoms with Gasteiger partial charge < -0.3 is 4.74 Å². The molecule has 0 fully saturated rings. The van der Waals surface area contributed by atoms with Crippen LogP contribution in [0.2, 0.25) is 0 Å². The number of methoxy groups -OCH3 is 1. The predicted molar refractivity (Wildman–Crippen MR) is 88.6 cm³/mol. The molecule has 3 rings (SSSR count). The van der Waals surface area contributed by atoms with Crippen molar-refractivity contribution in [3.63, 3.8) is 0 Å². The number of aromatic nitrogens is 4. The topological polar surface area (TPSA) is 69.9 Å². The zero-order valence-electron chi connectivity index (χ0n) is 12.8. The molecular formula is C16H16N4O2S. The lowest BCUT2D eigenvalue weighted by Crippen LogP contribution is -2.17. The molecule has 1 aromatic carbocycles. The van der Waals surface area contributed by atoms with Gasteiger partial charge in [-0.2, -0.15) is 5.10 Å². The van der Waals surface area contributed by atoms with E-state index < -0.39 is 0 Å². The second-order valence-corrected chi connectivity index (χ2v) is 6.04. The highest BCUT2D eigenvalue weighted by molar-refractivity contribution is 8.00. The highest BCUT2D eigenvalue weighted by atomic mass is 32.2. The Labute approximate surface area is 137 Å². The molecule has 0 bridgehead atoms. The van der Waals surface area contributed by atoms with Crippen molar-refractivity contribution in [1.82, 2.24) is 19.7 Å². The molecule has 1 atom stereocenters. The summed E-state index contributed by atoms with van der Waals surface area (Å²) in [5.41, 5.74) is 1.64. The summed E-state index contributed by atoms with van der Waals surface area (Å²) in [5.74, 6) is -0.250. The van der Waals surface area contributed by atoms with Crippen LogP contribution in [0, 0.1) is 0 Å². The largest absolute Gasteiger partial charge is 0.468 e. The van der Waals surface area contributed by atoms with Crippen molar-refractivity contribution in [2.24, 2.45) is 0 Å². The van der Waals surface area contributed by atoms with Crippen LogP contribution in [-0.4, -0.2) is 38.1 Å². The Morgan fingerprint density at radius 1 is 1.30 bits per heavy atom. The maximum absolute atomic E-state index is 11.8. The van der Waals surface area contributed by atoms with Crippen LogP contribution in [0.5, 0.6) is 0 Å². The zero-order valence-corrected chi connectivity index (χ0v) is 13.7. The fraction of sp³-hybridized carbons (Fsp3) is 0.250. The number of benzene rings is 1. The van der Waals surface area contributed by atoms with E-state index in [4.69, 9.17) is 4.74 Å². The molecule has 0 saturated carbocycles. The minimum atomic E-state index is -0.293. The molecule has 0 aliphatic rings. The number of nitrogens with zero attached hydrogens (tertiary/aromatic N) is 4. The van der Waals surface area contributed by atoms with Gasteiger partial charge in [-0.15, -0.1) is 0 Å². The molecule has 6 nitrogen and oxygen atoms in total. The van der Waals surface area contributed by atoms with Crippen LogP contribution < -0.4 is 0 Å². The monoisotopic (exact) mass is 328 g/mol. The van der Waals surface area contributed by atoms with Gasteiger partial charge in [-0.1, -0.05) is 36.9 Å². The third-order valence-electron chi connectivity index (χ3n) is 3.42. The minimum absolute atomic E-state index is 0.250. The highest BCUT2D eigenvalue weighted by Gasteiger charge is 2.21. The van der Waals surface area contributed by atoms with Gasteiger partial charge in [0.15, 0.2) is 5.65 Å². The maximum atomic E-state index is 11.8. The standard InChI is InChI=1S/C16H16N4O2S/c1-3-13(16(21)22-2)23-15-12-9-19-20(14(12)17-10-18-15)11-7-5-4-6-8-11/h4-10,13H,3H2,1-2H3/t13-/m1/s1. The number of thioether (sulfide) groups is 1. The summed E-state index contributed by atoms with van der Waals surface area (Å²) in [6, 6.07) is 9.77. The molecule has 7 heteroatoms. The lowest BCUT2D eigenvalue weighted by atomic mass is 10.3. The van der Waals surface area contributed by atoms with E-state index in [1.165, 1.54) is 25.2 Å². The maximum Gasteiger partial charge on any atom is 0.319 e. The van der Waals surface area contributed by atoms with Crippen molar-refractivity contribution < 1.29 is 9.53 Å². The van der Waals surface area contributed by atoms with E-state index in [2.05, 4.69) is 15.1 Å². The van der Waals surface area contributed by atoms with Crippen molar-refractivity contribution in [3.8, 4) is 5.69 Å². The Hall–Kier alpha value is -2.41. The van der Waals surface area contributed by atoms with Crippen molar-refractivity contribution >= 4 is 28.8 Å². The van der Waals surface area contributed by atoms with Crippen LogP contribution in [0.3, 0.4) is 0 Å². The Bertz CT molecular complexity index is 819. The number of ether oxygens (including phenoxy) is 1. The molecule has 2 heterocycles. The van der Waals surface area contributed by atoms with E-state index in [1.54, 1.807) is 10.9 Å². The first-order valence-corrected chi connectivity index (χ1v) is 8.11. The number of rotatable bonds is 5. The van der Waals surface area contributed by atoms with E-state index in [-0.39, 0.29) is 11.2 Å². The Kier molecular flexibility index (Phi) is 4.57. The molecule has 0 spiro atoms. The number of para-hydroxylation sites is 1. The molecule has 0 amide bonds. The highest BCUT2D eigenvalue weighted by Crippen LogP contribution is 2.30. The minimum Gasteiger partial charge on any atom is -0.468 e. The van der Waals surface area contributed by atoms with Gasteiger partial charge in [0.1, 0.15) is 16.6 Å². The number of carbonyl (C=O) groups is 1. The van der Waals surface area contributed by atoms with E-state index in [0.29, 0.717) is 12.1 Å². The molecule has 118 valence electrons. The third kappa shape index (κ3) is 3.05. The van der Waals surface area contributed by atoms with Crippen LogP contribution in [0.1, 0.15) is 13.3 Å². The number of hydrogen-bond acceptors (Lipinski definition) is 6. The quantitative estimate of drug-likeness (QED) is 0.407. The number of fused-ring (bicyclic) bond motifs is 1. The lowest BCUT2D eigenvalue weighted by molar-refractivity contribution is -0.140. The third-order valence-corrected chi connectivity index (χ3v) is 4.78. The first-order chi connectivity index (χ1) is 11.2. The summed E-state index contributed by atoms with van der Waals surface area (Å²) in [5, 5.41) is 5.67. The average molecular weight is 328 g/mol. The van der Waals surface area contributed by atoms with Crippen LogP contribution >= 0.6 is 11.8 Å². The first-order valence-electron chi connectivity index (χ1n) is 7.23. The van der Waals surface area contributed by atoms with Gasteiger partial charge in [0.25, 0.3) is 0 Å². The van der Waals surface area contributed by atoms with Gasteiger partial charge in [0, 0.05) is 0 Å². The van der Waals surface area contributed by atoms with Gasteiger partial charge in [0.2, 0.25) is 0 Å². The van der Waals surface area contributed by atoms with E-state index in [1.807, 2.05) is 37.3 Å². The number of hydrogen-bond donors (Lipinski definition) is 0. The van der Waals surface area contributed by atoms with Crippen molar-refractivity contribution in [3.05, 3.63) is 42.9 Å². The second kappa shape index (κ2) is 6.78.